The Balaban J connectivity index is 0. The van der Waals surface area contributed by atoms with Crippen LogP contribution in [0.2, 0.25) is 0 Å². The summed E-state index contributed by atoms with van der Waals surface area (Å²) in [5.74, 6) is 0. The van der Waals surface area contributed by atoms with Crippen LogP contribution < -0.4 is 0 Å². The van der Waals surface area contributed by atoms with Crippen LogP contribution in [0, 0.1) is 0 Å². The standard InChI is InChI=1S/CHFO.Li.H/c2-1-3;;/h1H;;. The van der Waals surface area contributed by atoms with Gasteiger partial charge < -0.3 is 0 Å². The molecule has 0 N–H and O–H groups in total. The Labute approximate surface area is 35.4 Å². The molecule has 0 aromatic rings. The second-order valence-electron chi connectivity index (χ2n) is 0.0891. The molecule has 0 saturated carbocycles. The summed E-state index contributed by atoms with van der Waals surface area (Å²) in [6.07, 6.45) is 0. The van der Waals surface area contributed by atoms with Crippen LogP contribution in [-0.2, 0) is 4.79 Å². The molecule has 0 radical (unpaired) electrons. The summed E-state index contributed by atoms with van der Waals surface area (Å²) in [4.78, 5) is 8.14. The molecule has 0 atom stereocenters. The molecule has 0 aliphatic carbocycles. The van der Waals surface area contributed by atoms with Crippen molar-refractivity contribution in [3.63, 3.8) is 0 Å². The third-order valence-electron chi connectivity index (χ3n) is 0. The van der Waals surface area contributed by atoms with Crippen LogP contribution in [0.5, 0.6) is 0 Å². The normalized spacial score (nSPS) is 3.25. The van der Waals surface area contributed by atoms with Crippen LogP contribution in [-0.4, -0.2) is 25.4 Å². The summed E-state index contributed by atoms with van der Waals surface area (Å²) in [6.45, 7) is -0.750. The Bertz CT molecular complexity index is 15.5. The van der Waals surface area contributed by atoms with Crippen LogP contribution in [0.4, 0.5) is 4.39 Å². The molecule has 0 spiro atoms. The van der Waals surface area contributed by atoms with Crippen molar-refractivity contribution in [3.8, 4) is 0 Å². The molecule has 0 aliphatic rings. The van der Waals surface area contributed by atoms with E-state index in [-0.39, 0.29) is 18.9 Å². The molecule has 0 amide bonds. The van der Waals surface area contributed by atoms with Crippen LogP contribution in [0.3, 0.4) is 0 Å². The van der Waals surface area contributed by atoms with Gasteiger partial charge in [0.25, 0.3) is 6.54 Å². The van der Waals surface area contributed by atoms with Gasteiger partial charge in [-0.2, -0.15) is 4.39 Å². The van der Waals surface area contributed by atoms with Gasteiger partial charge in [-0.05, 0) is 0 Å². The number of halogens is 1. The quantitative estimate of drug-likeness (QED) is 0.208. The van der Waals surface area contributed by atoms with E-state index in [0.29, 0.717) is 0 Å². The van der Waals surface area contributed by atoms with Crippen molar-refractivity contribution in [2.75, 3.05) is 0 Å². The fourth-order valence-corrected chi connectivity index (χ4v) is 0. The monoisotopic (exact) mass is 56.0 g/mol. The fraction of sp³-hybridized carbons (Fsp3) is 0. The number of carbonyl (C=O) groups excluding carboxylic acids is 1. The summed E-state index contributed by atoms with van der Waals surface area (Å²) in [6, 6.07) is 0. The van der Waals surface area contributed by atoms with Crippen molar-refractivity contribution >= 4 is 25.4 Å². The molecule has 0 rings (SSSR count). The van der Waals surface area contributed by atoms with Gasteiger partial charge in [0.2, 0.25) is 0 Å². The predicted molar refractivity (Wildman–Crippen MR) is 15.0 cm³/mol. The van der Waals surface area contributed by atoms with Crippen molar-refractivity contribution in [2.45, 2.75) is 0 Å². The molecule has 0 aliphatic heterocycles. The molecule has 3 heteroatoms. The molecule has 0 unspecified atom stereocenters. The average Bonchev–Trinajstić information content (AvgIpc) is 0.918. The number of rotatable bonds is 0. The Kier molecular flexibility index (Phi) is 23.9. The Hall–Kier alpha value is 0.197. The van der Waals surface area contributed by atoms with E-state index in [4.69, 9.17) is 4.79 Å². The van der Waals surface area contributed by atoms with E-state index >= 15 is 0 Å². The molecule has 0 bridgehead atoms. The van der Waals surface area contributed by atoms with Crippen molar-refractivity contribution < 1.29 is 9.18 Å². The minimum absolute atomic E-state index is 0. The van der Waals surface area contributed by atoms with Gasteiger partial charge in [0.1, 0.15) is 0 Å². The second-order valence-corrected chi connectivity index (χ2v) is 0.0891. The maximum absolute atomic E-state index is 9.61. The van der Waals surface area contributed by atoms with E-state index in [1.165, 1.54) is 0 Å². The zero-order chi connectivity index (χ0) is 2.71. The molecular formula is CH2FLiO. The van der Waals surface area contributed by atoms with Gasteiger partial charge in [-0.3, -0.25) is 4.79 Å². The molecular weight excluding hydrogens is 53.9 g/mol. The van der Waals surface area contributed by atoms with Crippen LogP contribution in [0.1, 0.15) is 0 Å². The fourth-order valence-electron chi connectivity index (χ4n) is 0. The summed E-state index contributed by atoms with van der Waals surface area (Å²) >= 11 is 0. The van der Waals surface area contributed by atoms with Gasteiger partial charge in [-0.25, -0.2) is 0 Å². The summed E-state index contributed by atoms with van der Waals surface area (Å²) in [7, 11) is 0. The summed E-state index contributed by atoms with van der Waals surface area (Å²) < 4.78 is 9.61. The van der Waals surface area contributed by atoms with Gasteiger partial charge >= 0.3 is 18.9 Å². The number of carbonyl (C=O) groups is 1. The first-order valence-electron chi connectivity index (χ1n) is 0.454. The van der Waals surface area contributed by atoms with E-state index in [9.17, 15) is 4.39 Å². The van der Waals surface area contributed by atoms with E-state index in [2.05, 4.69) is 0 Å². The van der Waals surface area contributed by atoms with E-state index in [1.54, 1.807) is 0 Å². The molecule has 0 heterocycles. The summed E-state index contributed by atoms with van der Waals surface area (Å²) in [5, 5.41) is 0. The first-order valence-corrected chi connectivity index (χ1v) is 0.454. The van der Waals surface area contributed by atoms with Crippen LogP contribution in [0.15, 0.2) is 0 Å². The Morgan fingerprint density at radius 1 is 1.75 bits per heavy atom. The second kappa shape index (κ2) is 10.8. The topological polar surface area (TPSA) is 17.1 Å². The van der Waals surface area contributed by atoms with Crippen molar-refractivity contribution in [2.24, 2.45) is 0 Å². The third-order valence-corrected chi connectivity index (χ3v) is 0. The Morgan fingerprint density at radius 2 is 1.75 bits per heavy atom. The maximum atomic E-state index is 9.61. The van der Waals surface area contributed by atoms with Crippen molar-refractivity contribution in [3.05, 3.63) is 0 Å². The first kappa shape index (κ1) is 8.89. The zero-order valence-corrected chi connectivity index (χ0v) is 1.36. The van der Waals surface area contributed by atoms with E-state index < -0.39 is 6.54 Å². The zero-order valence-electron chi connectivity index (χ0n) is 1.36. The van der Waals surface area contributed by atoms with Crippen LogP contribution in [0.25, 0.3) is 0 Å². The van der Waals surface area contributed by atoms with Crippen LogP contribution >= 0.6 is 0 Å². The SMILES string of the molecule is O=CF.[LiH]. The van der Waals surface area contributed by atoms with Gasteiger partial charge in [-0.15, -0.1) is 0 Å². The molecule has 0 fully saturated rings. The van der Waals surface area contributed by atoms with E-state index in [1.807, 2.05) is 0 Å². The Morgan fingerprint density at radius 3 is 1.75 bits per heavy atom. The molecule has 4 heavy (non-hydrogen) atoms. The minimum atomic E-state index is -0.750. The van der Waals surface area contributed by atoms with Gasteiger partial charge in [0, 0.05) is 0 Å². The molecule has 20 valence electrons. The first-order chi connectivity index (χ1) is 1.41. The van der Waals surface area contributed by atoms with E-state index in [0.717, 1.165) is 0 Å². The number of hydrogen-bond donors (Lipinski definition) is 0. The summed E-state index contributed by atoms with van der Waals surface area (Å²) in [5.41, 5.74) is 0. The van der Waals surface area contributed by atoms with Gasteiger partial charge in [-0.1, -0.05) is 0 Å². The average molecular weight is 56.0 g/mol. The molecule has 0 aromatic carbocycles. The third kappa shape index (κ3) is 80.9. The number of hydrogen-bond acceptors (Lipinski definition) is 1. The van der Waals surface area contributed by atoms with Gasteiger partial charge in [0.05, 0.1) is 0 Å². The van der Waals surface area contributed by atoms with Gasteiger partial charge in [0.15, 0.2) is 0 Å². The molecule has 0 aromatic heterocycles. The molecule has 0 saturated heterocycles. The predicted octanol–water partition coefficient (Wildman–Crippen LogP) is -0.502. The molecule has 1 nitrogen and oxygen atoms in total. The van der Waals surface area contributed by atoms with Crippen molar-refractivity contribution in [1.29, 1.82) is 0 Å². The van der Waals surface area contributed by atoms with Crippen molar-refractivity contribution in [1.82, 2.24) is 0 Å².